The van der Waals surface area contributed by atoms with Gasteiger partial charge in [-0.3, -0.25) is 14.2 Å². The lowest BCUT2D eigenvalue weighted by molar-refractivity contribution is 0.0970. The van der Waals surface area contributed by atoms with Gasteiger partial charge in [-0.25, -0.2) is 4.98 Å². The van der Waals surface area contributed by atoms with Crippen LogP contribution in [0, 0.1) is 0 Å². The first kappa shape index (κ1) is 16.2. The predicted molar refractivity (Wildman–Crippen MR) is 96.7 cm³/mol. The van der Waals surface area contributed by atoms with Crippen LogP contribution in [0.15, 0.2) is 65.7 Å². The van der Waals surface area contributed by atoms with Crippen LogP contribution in [0.3, 0.4) is 0 Å². The summed E-state index contributed by atoms with van der Waals surface area (Å²) in [6.45, 7) is -0.112. The number of hydrogen-bond donors (Lipinski definition) is 0. The third-order valence-electron chi connectivity index (χ3n) is 3.91. The highest BCUT2D eigenvalue weighted by atomic mass is 35.5. The SMILES string of the molecule is O=C(Cn1cnc2c(nnn2-c2ccc(Cl)cc2)c1=O)c1ccccc1. The first-order valence-electron chi connectivity index (χ1n) is 7.78. The fraction of sp³-hybridized carbons (Fsp3) is 0.0556. The molecule has 2 aromatic heterocycles. The predicted octanol–water partition coefficient (Wildman–Crippen LogP) is 2.51. The molecule has 2 heterocycles. The summed E-state index contributed by atoms with van der Waals surface area (Å²) in [7, 11) is 0. The van der Waals surface area contributed by atoms with Crippen molar-refractivity contribution >= 4 is 28.5 Å². The Morgan fingerprint density at radius 3 is 2.50 bits per heavy atom. The van der Waals surface area contributed by atoms with Crippen molar-refractivity contribution in [2.75, 3.05) is 0 Å². The second kappa shape index (κ2) is 6.53. The third-order valence-corrected chi connectivity index (χ3v) is 4.16. The molecule has 8 heteroatoms. The zero-order valence-electron chi connectivity index (χ0n) is 13.4. The van der Waals surface area contributed by atoms with E-state index in [-0.39, 0.29) is 17.8 Å². The minimum absolute atomic E-state index is 0.100. The Hall–Kier alpha value is -3.32. The van der Waals surface area contributed by atoms with Crippen LogP contribution in [-0.2, 0) is 6.54 Å². The molecule has 0 aliphatic heterocycles. The van der Waals surface area contributed by atoms with E-state index >= 15 is 0 Å². The van der Waals surface area contributed by atoms with Gasteiger partial charge in [0.05, 0.1) is 12.2 Å². The van der Waals surface area contributed by atoms with Crippen molar-refractivity contribution in [2.45, 2.75) is 6.54 Å². The lowest BCUT2D eigenvalue weighted by Crippen LogP contribution is -2.25. The third kappa shape index (κ3) is 2.89. The zero-order chi connectivity index (χ0) is 18.1. The van der Waals surface area contributed by atoms with Gasteiger partial charge in [0.25, 0.3) is 5.56 Å². The van der Waals surface area contributed by atoms with Crippen molar-refractivity contribution in [3.8, 4) is 5.69 Å². The second-order valence-electron chi connectivity index (χ2n) is 5.62. The maximum Gasteiger partial charge on any atom is 0.283 e. The molecule has 0 N–H and O–H groups in total. The molecule has 4 rings (SSSR count). The van der Waals surface area contributed by atoms with E-state index in [1.165, 1.54) is 15.6 Å². The first-order chi connectivity index (χ1) is 12.6. The molecule has 128 valence electrons. The largest absolute Gasteiger partial charge is 0.292 e. The lowest BCUT2D eigenvalue weighted by atomic mass is 10.1. The quantitative estimate of drug-likeness (QED) is 0.519. The van der Waals surface area contributed by atoms with Crippen molar-refractivity contribution in [3.63, 3.8) is 0 Å². The number of fused-ring (bicyclic) bond motifs is 1. The highest BCUT2D eigenvalue weighted by Crippen LogP contribution is 2.15. The van der Waals surface area contributed by atoms with Crippen molar-refractivity contribution in [1.82, 2.24) is 24.5 Å². The fourth-order valence-corrected chi connectivity index (χ4v) is 2.71. The van der Waals surface area contributed by atoms with Crippen molar-refractivity contribution in [3.05, 3.63) is 81.9 Å². The number of carbonyl (C=O) groups excluding carboxylic acids is 1. The Morgan fingerprint density at radius 2 is 1.77 bits per heavy atom. The number of benzene rings is 2. The summed E-state index contributed by atoms with van der Waals surface area (Å²) in [6.07, 6.45) is 1.33. The fourth-order valence-electron chi connectivity index (χ4n) is 2.58. The van der Waals surface area contributed by atoms with Gasteiger partial charge in [-0.2, -0.15) is 4.68 Å². The number of carbonyl (C=O) groups is 1. The second-order valence-corrected chi connectivity index (χ2v) is 6.05. The maximum atomic E-state index is 12.6. The van der Waals surface area contributed by atoms with Gasteiger partial charge in [0, 0.05) is 10.6 Å². The highest BCUT2D eigenvalue weighted by molar-refractivity contribution is 6.30. The van der Waals surface area contributed by atoms with Crippen LogP contribution in [0.1, 0.15) is 10.4 Å². The number of halogens is 1. The molecule has 0 amide bonds. The van der Waals surface area contributed by atoms with E-state index in [9.17, 15) is 9.59 Å². The summed E-state index contributed by atoms with van der Waals surface area (Å²) in [6, 6.07) is 15.7. The Bertz CT molecular complexity index is 1150. The Kier molecular flexibility index (Phi) is 4.06. The topological polar surface area (TPSA) is 82.7 Å². The van der Waals surface area contributed by atoms with Crippen LogP contribution in [0.25, 0.3) is 16.9 Å². The Morgan fingerprint density at radius 1 is 1.04 bits per heavy atom. The van der Waals surface area contributed by atoms with Crippen LogP contribution in [0.2, 0.25) is 5.02 Å². The van der Waals surface area contributed by atoms with Gasteiger partial charge >= 0.3 is 0 Å². The zero-order valence-corrected chi connectivity index (χ0v) is 14.2. The lowest BCUT2D eigenvalue weighted by Gasteiger charge is -2.05. The van der Waals surface area contributed by atoms with Gasteiger partial charge in [0.1, 0.15) is 6.33 Å². The van der Waals surface area contributed by atoms with E-state index in [0.717, 1.165) is 0 Å². The molecular weight excluding hydrogens is 354 g/mol. The summed E-state index contributed by atoms with van der Waals surface area (Å²) in [4.78, 5) is 29.2. The van der Waals surface area contributed by atoms with Gasteiger partial charge < -0.3 is 0 Å². The number of hydrogen-bond acceptors (Lipinski definition) is 5. The molecule has 0 radical (unpaired) electrons. The van der Waals surface area contributed by atoms with E-state index in [4.69, 9.17) is 11.6 Å². The number of rotatable bonds is 4. The van der Waals surface area contributed by atoms with Crippen LogP contribution in [-0.4, -0.2) is 30.3 Å². The average Bonchev–Trinajstić information content (AvgIpc) is 3.10. The number of nitrogens with zero attached hydrogens (tertiary/aromatic N) is 5. The molecule has 0 atom stereocenters. The molecule has 26 heavy (non-hydrogen) atoms. The highest BCUT2D eigenvalue weighted by Gasteiger charge is 2.15. The summed E-state index contributed by atoms with van der Waals surface area (Å²) in [5, 5.41) is 8.52. The standard InChI is InChI=1S/C18H12ClN5O2/c19-13-6-8-14(9-7-13)24-17-16(21-22-24)18(26)23(11-20-17)10-15(25)12-4-2-1-3-5-12/h1-9,11H,10H2. The Labute approximate surface area is 152 Å². The summed E-state index contributed by atoms with van der Waals surface area (Å²) in [5.74, 6) is -0.182. The van der Waals surface area contributed by atoms with Crippen molar-refractivity contribution in [1.29, 1.82) is 0 Å². The van der Waals surface area contributed by atoms with Crippen LogP contribution < -0.4 is 5.56 Å². The number of ketones is 1. The van der Waals surface area contributed by atoms with Gasteiger partial charge in [-0.15, -0.1) is 5.10 Å². The maximum absolute atomic E-state index is 12.6. The molecule has 0 fully saturated rings. The first-order valence-corrected chi connectivity index (χ1v) is 8.16. The molecule has 7 nitrogen and oxygen atoms in total. The van der Waals surface area contributed by atoms with Gasteiger partial charge in [0.15, 0.2) is 16.9 Å². The summed E-state index contributed by atoms with van der Waals surface area (Å²) >= 11 is 5.89. The van der Waals surface area contributed by atoms with Crippen LogP contribution in [0.5, 0.6) is 0 Å². The molecule has 2 aromatic carbocycles. The van der Waals surface area contributed by atoms with Gasteiger partial charge in [-0.05, 0) is 24.3 Å². The van der Waals surface area contributed by atoms with E-state index in [1.54, 1.807) is 48.5 Å². The molecule has 0 spiro atoms. The smallest absolute Gasteiger partial charge is 0.283 e. The summed E-state index contributed by atoms with van der Waals surface area (Å²) in [5.41, 5.74) is 1.22. The van der Waals surface area contributed by atoms with E-state index in [2.05, 4.69) is 15.3 Å². The van der Waals surface area contributed by atoms with Gasteiger partial charge in [-0.1, -0.05) is 47.1 Å². The van der Waals surface area contributed by atoms with E-state index in [1.807, 2.05) is 6.07 Å². The van der Waals surface area contributed by atoms with Crippen LogP contribution >= 0.6 is 11.6 Å². The van der Waals surface area contributed by atoms with Gasteiger partial charge in [0.2, 0.25) is 0 Å². The minimum Gasteiger partial charge on any atom is -0.292 e. The molecular formula is C18H12ClN5O2. The van der Waals surface area contributed by atoms with E-state index < -0.39 is 5.56 Å². The normalized spacial score (nSPS) is 11.0. The minimum atomic E-state index is -0.417. The monoisotopic (exact) mass is 365 g/mol. The molecule has 0 saturated heterocycles. The molecule has 0 aliphatic rings. The molecule has 0 unspecified atom stereocenters. The molecule has 0 aliphatic carbocycles. The average molecular weight is 366 g/mol. The van der Waals surface area contributed by atoms with Crippen molar-refractivity contribution < 1.29 is 4.79 Å². The van der Waals surface area contributed by atoms with Crippen molar-refractivity contribution in [2.24, 2.45) is 0 Å². The van der Waals surface area contributed by atoms with Crippen LogP contribution in [0.4, 0.5) is 0 Å². The molecule has 0 saturated carbocycles. The number of Topliss-reactive ketones (excluding diaryl/α,β-unsaturated/α-hetero) is 1. The summed E-state index contributed by atoms with van der Waals surface area (Å²) < 4.78 is 2.69. The molecule has 4 aromatic rings. The Balaban J connectivity index is 1.71. The number of aromatic nitrogens is 5. The van der Waals surface area contributed by atoms with E-state index in [0.29, 0.717) is 21.9 Å². The molecule has 0 bridgehead atoms.